The molecule has 0 aliphatic rings. The number of carboxylic acids is 1. The van der Waals surface area contributed by atoms with Crippen LogP contribution in [0.3, 0.4) is 0 Å². The van der Waals surface area contributed by atoms with Crippen LogP contribution in [0.25, 0.3) is 0 Å². The van der Waals surface area contributed by atoms with Crippen molar-refractivity contribution in [2.45, 2.75) is 17.4 Å². The minimum Gasteiger partial charge on any atom is -0.480 e. The summed E-state index contributed by atoms with van der Waals surface area (Å²) in [4.78, 5) is 23.4. The zero-order chi connectivity index (χ0) is 18.4. The van der Waals surface area contributed by atoms with E-state index in [-0.39, 0.29) is 16.9 Å². The van der Waals surface area contributed by atoms with Gasteiger partial charge < -0.3 is 10.4 Å². The second-order valence-electron chi connectivity index (χ2n) is 5.26. The zero-order valence-electron chi connectivity index (χ0n) is 13.1. The summed E-state index contributed by atoms with van der Waals surface area (Å²) in [5.74, 6) is -3.57. The molecule has 0 heterocycles. The van der Waals surface area contributed by atoms with E-state index in [1.54, 1.807) is 18.2 Å². The van der Waals surface area contributed by atoms with Gasteiger partial charge in [-0.1, -0.05) is 30.3 Å². The van der Waals surface area contributed by atoms with E-state index in [0.29, 0.717) is 0 Å². The monoisotopic (exact) mass is 365 g/mol. The smallest absolute Gasteiger partial charge is 0.326 e. The third-order valence-corrected chi connectivity index (χ3v) is 5.26. The highest BCUT2D eigenvalue weighted by Crippen LogP contribution is 2.13. The molecule has 1 atom stereocenters. The van der Waals surface area contributed by atoms with Gasteiger partial charge in [-0.3, -0.25) is 4.79 Å². The second-order valence-corrected chi connectivity index (χ2v) is 7.37. The maximum absolute atomic E-state index is 13.6. The number of hydrogen-bond acceptors (Lipinski definition) is 4. The van der Waals surface area contributed by atoms with Gasteiger partial charge in [0, 0.05) is 0 Å². The zero-order valence-corrected chi connectivity index (χ0v) is 13.9. The molecule has 1 amide bonds. The standard InChI is InChI=1S/C17H16FNO5S/c18-14-9-5-4-8-13(14)16(20)19-15(17(21)22)10-11-25(23,24)12-6-2-1-3-7-12/h1-9,15H,10-11H2,(H,19,20)(H,21,22)/t15-/m0/s1. The fourth-order valence-electron chi connectivity index (χ4n) is 2.16. The number of amides is 1. The van der Waals surface area contributed by atoms with Crippen LogP contribution >= 0.6 is 0 Å². The van der Waals surface area contributed by atoms with Gasteiger partial charge >= 0.3 is 5.97 Å². The molecule has 0 aliphatic heterocycles. The molecule has 2 rings (SSSR count). The largest absolute Gasteiger partial charge is 0.480 e. The average molecular weight is 365 g/mol. The predicted octanol–water partition coefficient (Wildman–Crippen LogP) is 1.87. The Bertz CT molecular complexity index is 868. The van der Waals surface area contributed by atoms with Crippen molar-refractivity contribution in [1.29, 1.82) is 0 Å². The Balaban J connectivity index is 2.08. The first-order chi connectivity index (χ1) is 11.8. The third kappa shape index (κ3) is 4.87. The van der Waals surface area contributed by atoms with Gasteiger partial charge in [0.1, 0.15) is 11.9 Å². The van der Waals surface area contributed by atoms with Gasteiger partial charge in [-0.25, -0.2) is 17.6 Å². The Hall–Kier alpha value is -2.74. The molecule has 0 fully saturated rings. The van der Waals surface area contributed by atoms with Crippen LogP contribution in [-0.2, 0) is 14.6 Å². The SMILES string of the molecule is O=C(N[C@@H](CCS(=O)(=O)c1ccccc1)C(=O)O)c1ccccc1F. The summed E-state index contributed by atoms with van der Waals surface area (Å²) in [6.45, 7) is 0. The molecule has 2 aromatic rings. The van der Waals surface area contributed by atoms with E-state index >= 15 is 0 Å². The fourth-order valence-corrected chi connectivity index (χ4v) is 3.51. The lowest BCUT2D eigenvalue weighted by Crippen LogP contribution is -2.42. The number of halogens is 1. The van der Waals surface area contributed by atoms with Crippen LogP contribution < -0.4 is 5.32 Å². The molecule has 0 radical (unpaired) electrons. The number of benzene rings is 2. The number of rotatable bonds is 7. The van der Waals surface area contributed by atoms with Gasteiger partial charge in [0.15, 0.2) is 9.84 Å². The van der Waals surface area contributed by atoms with Crippen LogP contribution in [0, 0.1) is 5.82 Å². The summed E-state index contributed by atoms with van der Waals surface area (Å²) in [5, 5.41) is 11.4. The predicted molar refractivity (Wildman–Crippen MR) is 88.4 cm³/mol. The van der Waals surface area contributed by atoms with Crippen LogP contribution in [0.1, 0.15) is 16.8 Å². The van der Waals surface area contributed by atoms with Gasteiger partial charge in [-0.15, -0.1) is 0 Å². The molecule has 0 saturated carbocycles. The highest BCUT2D eigenvalue weighted by atomic mass is 32.2. The molecule has 2 N–H and O–H groups in total. The third-order valence-electron chi connectivity index (χ3n) is 3.50. The summed E-state index contributed by atoms with van der Waals surface area (Å²) >= 11 is 0. The van der Waals surface area contributed by atoms with Crippen LogP contribution in [0.4, 0.5) is 4.39 Å². The van der Waals surface area contributed by atoms with Crippen molar-refractivity contribution >= 4 is 21.7 Å². The Labute approximate surface area is 144 Å². The second kappa shape index (κ2) is 7.89. The van der Waals surface area contributed by atoms with Gasteiger partial charge in [-0.2, -0.15) is 0 Å². The van der Waals surface area contributed by atoms with E-state index in [2.05, 4.69) is 5.32 Å². The lowest BCUT2D eigenvalue weighted by Gasteiger charge is -2.15. The van der Waals surface area contributed by atoms with E-state index in [9.17, 15) is 27.5 Å². The van der Waals surface area contributed by atoms with Crippen molar-refractivity contribution in [3.05, 3.63) is 66.0 Å². The molecule has 0 spiro atoms. The summed E-state index contributed by atoms with van der Waals surface area (Å²) < 4.78 is 38.0. The highest BCUT2D eigenvalue weighted by molar-refractivity contribution is 7.91. The molecule has 0 aliphatic carbocycles. The summed E-state index contributed by atoms with van der Waals surface area (Å²) in [6.07, 6.45) is -0.341. The van der Waals surface area contributed by atoms with Crippen molar-refractivity contribution in [2.24, 2.45) is 0 Å². The van der Waals surface area contributed by atoms with Crippen molar-refractivity contribution < 1.29 is 27.5 Å². The van der Waals surface area contributed by atoms with Gasteiger partial charge in [0.25, 0.3) is 5.91 Å². The first-order valence-electron chi connectivity index (χ1n) is 7.37. The molecule has 132 valence electrons. The molecule has 6 nitrogen and oxygen atoms in total. The molecule has 2 aromatic carbocycles. The van der Waals surface area contributed by atoms with Crippen LogP contribution in [0.2, 0.25) is 0 Å². The van der Waals surface area contributed by atoms with E-state index in [0.717, 1.165) is 6.07 Å². The minimum atomic E-state index is -3.69. The Morgan fingerprint density at radius 2 is 1.64 bits per heavy atom. The van der Waals surface area contributed by atoms with Gasteiger partial charge in [0.2, 0.25) is 0 Å². The first kappa shape index (κ1) is 18.6. The summed E-state index contributed by atoms with van der Waals surface area (Å²) in [5.41, 5.74) is -0.306. The Kier molecular flexibility index (Phi) is 5.87. The van der Waals surface area contributed by atoms with E-state index in [1.807, 2.05) is 0 Å². The molecular weight excluding hydrogens is 349 g/mol. The normalized spacial score (nSPS) is 12.4. The number of nitrogens with one attached hydrogen (secondary N) is 1. The van der Waals surface area contributed by atoms with Crippen LogP contribution in [0.5, 0.6) is 0 Å². The molecule has 25 heavy (non-hydrogen) atoms. The molecule has 8 heteroatoms. The van der Waals surface area contributed by atoms with Crippen molar-refractivity contribution in [1.82, 2.24) is 5.32 Å². The van der Waals surface area contributed by atoms with Crippen molar-refractivity contribution in [3.63, 3.8) is 0 Å². The van der Waals surface area contributed by atoms with Crippen molar-refractivity contribution in [3.8, 4) is 0 Å². The summed E-state index contributed by atoms with van der Waals surface area (Å²) in [6, 6.07) is 11.3. The quantitative estimate of drug-likeness (QED) is 0.780. The van der Waals surface area contributed by atoms with Crippen LogP contribution in [-0.4, -0.2) is 37.2 Å². The van der Waals surface area contributed by atoms with E-state index < -0.39 is 39.3 Å². The fraction of sp³-hybridized carbons (Fsp3) is 0.176. The Morgan fingerprint density at radius 3 is 2.24 bits per heavy atom. The lowest BCUT2D eigenvalue weighted by atomic mass is 10.1. The van der Waals surface area contributed by atoms with Crippen LogP contribution in [0.15, 0.2) is 59.5 Å². The minimum absolute atomic E-state index is 0.0690. The van der Waals surface area contributed by atoms with E-state index in [4.69, 9.17) is 0 Å². The molecule has 0 bridgehead atoms. The maximum Gasteiger partial charge on any atom is 0.326 e. The molecule has 0 aromatic heterocycles. The highest BCUT2D eigenvalue weighted by Gasteiger charge is 2.25. The number of carboxylic acid groups (broad SMARTS) is 1. The molecule has 0 saturated heterocycles. The average Bonchev–Trinajstić information content (AvgIpc) is 2.59. The number of aliphatic carboxylic acids is 1. The number of hydrogen-bond donors (Lipinski definition) is 2. The van der Waals surface area contributed by atoms with E-state index in [1.165, 1.54) is 30.3 Å². The topological polar surface area (TPSA) is 101 Å². The van der Waals surface area contributed by atoms with Gasteiger partial charge in [0.05, 0.1) is 16.2 Å². The Morgan fingerprint density at radius 1 is 1.04 bits per heavy atom. The molecule has 0 unspecified atom stereocenters. The maximum atomic E-state index is 13.6. The summed E-state index contributed by atoms with van der Waals surface area (Å²) in [7, 11) is -3.69. The number of carbonyl (C=O) groups excluding carboxylic acids is 1. The lowest BCUT2D eigenvalue weighted by molar-refractivity contribution is -0.139. The van der Waals surface area contributed by atoms with Crippen molar-refractivity contribution in [2.75, 3.05) is 5.75 Å². The van der Waals surface area contributed by atoms with Gasteiger partial charge in [-0.05, 0) is 30.7 Å². The first-order valence-corrected chi connectivity index (χ1v) is 9.02. The number of sulfone groups is 1. The molecular formula is C17H16FNO5S. The number of carbonyl (C=O) groups is 2.